The van der Waals surface area contributed by atoms with E-state index in [4.69, 9.17) is 9.15 Å². The predicted molar refractivity (Wildman–Crippen MR) is 118 cm³/mol. The van der Waals surface area contributed by atoms with Crippen LogP contribution in [-0.4, -0.2) is 52.2 Å². The fourth-order valence-electron chi connectivity index (χ4n) is 4.13. The Bertz CT molecular complexity index is 982. The zero-order valence-corrected chi connectivity index (χ0v) is 18.2. The van der Waals surface area contributed by atoms with E-state index in [2.05, 4.69) is 29.2 Å². The molecule has 4 rings (SSSR count). The van der Waals surface area contributed by atoms with Crippen LogP contribution in [0.25, 0.3) is 0 Å². The molecule has 0 saturated carbocycles. The Labute approximate surface area is 183 Å². The molecule has 31 heavy (non-hydrogen) atoms. The summed E-state index contributed by atoms with van der Waals surface area (Å²) in [5.74, 6) is 1.25. The van der Waals surface area contributed by atoms with Gasteiger partial charge in [-0.05, 0) is 43.7 Å². The van der Waals surface area contributed by atoms with Crippen molar-refractivity contribution in [3.05, 3.63) is 71.9 Å². The minimum absolute atomic E-state index is 0.0390. The highest BCUT2D eigenvalue weighted by Gasteiger charge is 2.25. The maximum absolute atomic E-state index is 12.6. The molecule has 2 aromatic heterocycles. The Balaban J connectivity index is 1.28. The minimum Gasteiger partial charge on any atom is -0.493 e. The van der Waals surface area contributed by atoms with E-state index in [0.29, 0.717) is 18.1 Å². The van der Waals surface area contributed by atoms with Crippen molar-refractivity contribution < 1.29 is 13.9 Å². The molecule has 1 fully saturated rings. The number of aryl methyl sites for hydroxylation is 1. The Morgan fingerprint density at radius 3 is 2.94 bits per heavy atom. The maximum Gasteiger partial charge on any atom is 0.257 e. The number of ether oxygens (including phenoxy) is 1. The summed E-state index contributed by atoms with van der Waals surface area (Å²) in [6.07, 6.45) is 9.07. The predicted octanol–water partition coefficient (Wildman–Crippen LogP) is 3.58. The van der Waals surface area contributed by atoms with Gasteiger partial charge in [0, 0.05) is 50.9 Å². The molecule has 0 spiro atoms. The first-order chi connectivity index (χ1) is 15.1. The van der Waals surface area contributed by atoms with E-state index < -0.39 is 0 Å². The van der Waals surface area contributed by atoms with E-state index in [1.165, 1.54) is 17.4 Å². The third-order valence-corrected chi connectivity index (χ3v) is 5.62. The second-order valence-corrected chi connectivity index (χ2v) is 8.42. The quantitative estimate of drug-likeness (QED) is 0.555. The number of furan rings is 1. The Kier molecular flexibility index (Phi) is 6.72. The lowest BCUT2D eigenvalue weighted by Crippen LogP contribution is -2.41. The molecular formula is C24H30N4O3. The lowest BCUT2D eigenvalue weighted by molar-refractivity contribution is 0.0632. The highest BCUT2D eigenvalue weighted by molar-refractivity contribution is 5.93. The van der Waals surface area contributed by atoms with Gasteiger partial charge in [-0.3, -0.25) is 14.4 Å². The average Bonchev–Trinajstić information content (AvgIpc) is 3.44. The minimum atomic E-state index is 0.0390. The first-order valence-electron chi connectivity index (χ1n) is 10.8. The van der Waals surface area contributed by atoms with Crippen LogP contribution in [-0.2, 0) is 20.1 Å². The fourth-order valence-corrected chi connectivity index (χ4v) is 4.13. The molecule has 7 nitrogen and oxygen atoms in total. The summed E-state index contributed by atoms with van der Waals surface area (Å²) >= 11 is 0. The van der Waals surface area contributed by atoms with E-state index in [1.54, 1.807) is 12.3 Å². The fraction of sp³-hybridized carbons (Fsp3) is 0.417. The van der Waals surface area contributed by atoms with Gasteiger partial charge >= 0.3 is 0 Å². The Morgan fingerprint density at radius 2 is 2.16 bits per heavy atom. The number of aromatic nitrogens is 2. The van der Waals surface area contributed by atoms with Crippen LogP contribution in [0.1, 0.15) is 34.3 Å². The summed E-state index contributed by atoms with van der Waals surface area (Å²) in [5, 5.41) is 4.23. The monoisotopic (exact) mass is 422 g/mol. The van der Waals surface area contributed by atoms with Crippen molar-refractivity contribution in [2.24, 2.45) is 13.0 Å². The van der Waals surface area contributed by atoms with Crippen LogP contribution in [0.5, 0.6) is 5.75 Å². The van der Waals surface area contributed by atoms with Crippen LogP contribution in [0.15, 0.2) is 59.7 Å². The van der Waals surface area contributed by atoms with Crippen molar-refractivity contribution in [1.29, 1.82) is 0 Å². The zero-order chi connectivity index (χ0) is 21.6. The molecule has 1 saturated heterocycles. The van der Waals surface area contributed by atoms with Crippen molar-refractivity contribution in [1.82, 2.24) is 19.6 Å². The van der Waals surface area contributed by atoms with Crippen molar-refractivity contribution in [2.45, 2.75) is 25.9 Å². The van der Waals surface area contributed by atoms with Gasteiger partial charge in [0.15, 0.2) is 0 Å². The lowest BCUT2D eigenvalue weighted by Gasteiger charge is -2.32. The third kappa shape index (κ3) is 5.76. The molecule has 164 valence electrons. The number of benzene rings is 1. The third-order valence-electron chi connectivity index (χ3n) is 5.62. The second kappa shape index (κ2) is 9.83. The molecule has 0 bridgehead atoms. The van der Waals surface area contributed by atoms with Crippen LogP contribution in [0.2, 0.25) is 0 Å². The number of carbonyl (C=O) groups excluding carboxylic acids is 1. The van der Waals surface area contributed by atoms with E-state index in [9.17, 15) is 4.79 Å². The van der Waals surface area contributed by atoms with E-state index in [0.717, 1.165) is 44.8 Å². The van der Waals surface area contributed by atoms with Gasteiger partial charge in [0.05, 0.1) is 24.6 Å². The molecule has 0 N–H and O–H groups in total. The molecule has 1 atom stereocenters. The number of hydrogen-bond acceptors (Lipinski definition) is 5. The first-order valence-corrected chi connectivity index (χ1v) is 10.8. The maximum atomic E-state index is 12.6. The summed E-state index contributed by atoms with van der Waals surface area (Å²) in [6, 6.07) is 9.99. The molecular weight excluding hydrogens is 392 g/mol. The van der Waals surface area contributed by atoms with Gasteiger partial charge in [0.25, 0.3) is 5.91 Å². The van der Waals surface area contributed by atoms with Crippen LogP contribution < -0.4 is 4.74 Å². The van der Waals surface area contributed by atoms with Gasteiger partial charge < -0.3 is 14.1 Å². The second-order valence-electron chi connectivity index (χ2n) is 8.42. The molecule has 1 aromatic carbocycles. The van der Waals surface area contributed by atoms with Gasteiger partial charge in [-0.15, -0.1) is 0 Å². The number of carbonyl (C=O) groups is 1. The molecule has 3 aromatic rings. The molecule has 3 heterocycles. The smallest absolute Gasteiger partial charge is 0.257 e. The average molecular weight is 423 g/mol. The Morgan fingerprint density at radius 1 is 1.29 bits per heavy atom. The van der Waals surface area contributed by atoms with Gasteiger partial charge in [-0.2, -0.15) is 5.10 Å². The molecule has 7 heteroatoms. The molecule has 1 aliphatic rings. The summed E-state index contributed by atoms with van der Waals surface area (Å²) in [7, 11) is 4.04. The van der Waals surface area contributed by atoms with E-state index in [1.807, 2.05) is 41.2 Å². The van der Waals surface area contributed by atoms with Crippen molar-refractivity contribution >= 4 is 5.91 Å². The van der Waals surface area contributed by atoms with Crippen LogP contribution in [0, 0.1) is 5.92 Å². The molecule has 1 aliphatic heterocycles. The van der Waals surface area contributed by atoms with Crippen LogP contribution in [0.4, 0.5) is 0 Å². The first kappa shape index (κ1) is 21.2. The van der Waals surface area contributed by atoms with Crippen molar-refractivity contribution in [3.63, 3.8) is 0 Å². The number of amides is 1. The van der Waals surface area contributed by atoms with Gasteiger partial charge in [0.2, 0.25) is 0 Å². The van der Waals surface area contributed by atoms with Crippen LogP contribution in [0.3, 0.4) is 0 Å². The normalized spacial score (nSPS) is 16.6. The summed E-state index contributed by atoms with van der Waals surface area (Å²) in [4.78, 5) is 16.7. The summed E-state index contributed by atoms with van der Waals surface area (Å²) < 4.78 is 13.0. The largest absolute Gasteiger partial charge is 0.493 e. The lowest BCUT2D eigenvalue weighted by atomic mass is 9.98. The number of nitrogens with zero attached hydrogens (tertiary/aromatic N) is 4. The number of piperidine rings is 1. The van der Waals surface area contributed by atoms with Gasteiger partial charge in [-0.1, -0.05) is 12.1 Å². The van der Waals surface area contributed by atoms with Crippen molar-refractivity contribution in [3.8, 4) is 5.75 Å². The molecule has 0 aliphatic carbocycles. The number of hydrogen-bond donors (Lipinski definition) is 0. The highest BCUT2D eigenvalue weighted by atomic mass is 16.5. The highest BCUT2D eigenvalue weighted by Crippen LogP contribution is 2.22. The Hall–Kier alpha value is -3.06. The van der Waals surface area contributed by atoms with E-state index in [-0.39, 0.29) is 5.91 Å². The number of rotatable bonds is 8. The number of likely N-dealkylation sites (tertiary alicyclic amines) is 1. The SMILES string of the molecule is CN(Cc1cccc(OCC2CCCN(C(=O)c3ccoc3)C2)c1)Cc1cnn(C)c1. The zero-order valence-electron chi connectivity index (χ0n) is 18.2. The summed E-state index contributed by atoms with van der Waals surface area (Å²) in [6.45, 7) is 3.81. The van der Waals surface area contributed by atoms with Gasteiger partial charge in [-0.25, -0.2) is 0 Å². The van der Waals surface area contributed by atoms with Gasteiger partial charge in [0.1, 0.15) is 12.0 Å². The van der Waals surface area contributed by atoms with Crippen LogP contribution >= 0.6 is 0 Å². The molecule has 1 unspecified atom stereocenters. The van der Waals surface area contributed by atoms with Crippen molar-refractivity contribution in [2.75, 3.05) is 26.7 Å². The van der Waals surface area contributed by atoms with E-state index >= 15 is 0 Å². The topological polar surface area (TPSA) is 63.7 Å². The standard InChI is InChI=1S/C24H30N4O3/c1-26(14-21-12-25-27(2)15-21)13-19-5-3-7-23(11-19)31-17-20-6-4-9-28(16-20)24(29)22-8-10-30-18-22/h3,5,7-8,10-12,15,18,20H,4,6,9,13-14,16-17H2,1-2H3. The summed E-state index contributed by atoms with van der Waals surface area (Å²) in [5.41, 5.74) is 3.03. The molecule has 1 amide bonds. The molecule has 0 radical (unpaired) electrons.